The van der Waals surface area contributed by atoms with E-state index in [4.69, 9.17) is 9.47 Å². The van der Waals surface area contributed by atoms with E-state index in [0.717, 1.165) is 11.1 Å². The van der Waals surface area contributed by atoms with Gasteiger partial charge in [0.05, 0.1) is 7.11 Å². The lowest BCUT2D eigenvalue weighted by molar-refractivity contribution is -0.143. The minimum Gasteiger partial charge on any atom is -0.497 e. The van der Waals surface area contributed by atoms with Crippen LogP contribution in [0.2, 0.25) is 0 Å². The number of nitrogens with zero attached hydrogens (tertiary/aromatic N) is 1. The standard InChI is InChI=1S/C28H31FN2O4/c1-20(2)30-28(33)25(17-21-10-5-4-6-11-21)31(18-22-12-9-13-23(16-22)34-3)27(32)19-35-26-15-8-7-14-24(26)29/h4-16,20,25H,17-19H2,1-3H3,(H,30,33). The van der Waals surface area contributed by atoms with E-state index in [0.29, 0.717) is 12.2 Å². The van der Waals surface area contributed by atoms with Crippen molar-refractivity contribution in [3.63, 3.8) is 0 Å². The highest BCUT2D eigenvalue weighted by atomic mass is 19.1. The number of ether oxygens (including phenoxy) is 2. The highest BCUT2D eigenvalue weighted by molar-refractivity contribution is 5.88. The summed E-state index contributed by atoms with van der Waals surface area (Å²) in [7, 11) is 1.57. The molecule has 184 valence electrons. The lowest BCUT2D eigenvalue weighted by atomic mass is 10.0. The molecule has 1 atom stereocenters. The maximum absolute atomic E-state index is 14.1. The number of rotatable bonds is 11. The Morgan fingerprint density at radius 1 is 0.943 bits per heavy atom. The lowest BCUT2D eigenvalue weighted by Crippen LogP contribution is -2.52. The van der Waals surface area contributed by atoms with Gasteiger partial charge in [-0.3, -0.25) is 9.59 Å². The largest absolute Gasteiger partial charge is 0.497 e. The first-order valence-corrected chi connectivity index (χ1v) is 11.5. The second-order valence-corrected chi connectivity index (χ2v) is 8.46. The zero-order chi connectivity index (χ0) is 25.2. The van der Waals surface area contributed by atoms with Crippen LogP contribution in [0.4, 0.5) is 4.39 Å². The van der Waals surface area contributed by atoms with Crippen molar-refractivity contribution in [3.05, 3.63) is 95.8 Å². The molecule has 1 N–H and O–H groups in total. The summed E-state index contributed by atoms with van der Waals surface area (Å²) in [6, 6.07) is 21.8. The molecule has 0 bridgehead atoms. The van der Waals surface area contributed by atoms with Crippen LogP contribution < -0.4 is 14.8 Å². The molecular formula is C28H31FN2O4. The van der Waals surface area contributed by atoms with Crippen LogP contribution >= 0.6 is 0 Å². The van der Waals surface area contributed by atoms with E-state index in [1.165, 1.54) is 17.0 Å². The number of methoxy groups -OCH3 is 1. The van der Waals surface area contributed by atoms with Gasteiger partial charge in [0.25, 0.3) is 5.91 Å². The third kappa shape index (κ3) is 7.57. The van der Waals surface area contributed by atoms with Crippen molar-refractivity contribution in [1.29, 1.82) is 0 Å². The van der Waals surface area contributed by atoms with Crippen LogP contribution in [0, 0.1) is 5.82 Å². The van der Waals surface area contributed by atoms with Gasteiger partial charge in [-0.15, -0.1) is 0 Å². The van der Waals surface area contributed by atoms with Gasteiger partial charge >= 0.3 is 0 Å². The number of amides is 2. The number of nitrogens with one attached hydrogen (secondary N) is 1. The Kier molecular flexibility index (Phi) is 9.23. The van der Waals surface area contributed by atoms with E-state index >= 15 is 0 Å². The van der Waals surface area contributed by atoms with Gasteiger partial charge in [0.15, 0.2) is 18.2 Å². The lowest BCUT2D eigenvalue weighted by Gasteiger charge is -2.32. The van der Waals surface area contributed by atoms with Gasteiger partial charge in [0, 0.05) is 19.0 Å². The van der Waals surface area contributed by atoms with Crippen molar-refractivity contribution < 1.29 is 23.5 Å². The molecule has 3 aromatic carbocycles. The molecule has 0 aromatic heterocycles. The van der Waals surface area contributed by atoms with Crippen molar-refractivity contribution in [2.45, 2.75) is 38.9 Å². The number of carbonyl (C=O) groups is 2. The van der Waals surface area contributed by atoms with Crippen molar-refractivity contribution in [2.75, 3.05) is 13.7 Å². The van der Waals surface area contributed by atoms with Crippen molar-refractivity contribution in [2.24, 2.45) is 0 Å². The molecule has 3 rings (SSSR count). The molecule has 0 aliphatic rings. The molecule has 3 aromatic rings. The average molecular weight is 479 g/mol. The van der Waals surface area contributed by atoms with Crippen LogP contribution in [0.5, 0.6) is 11.5 Å². The first-order valence-electron chi connectivity index (χ1n) is 11.5. The van der Waals surface area contributed by atoms with Gasteiger partial charge in [-0.2, -0.15) is 0 Å². The summed E-state index contributed by atoms with van der Waals surface area (Å²) in [5.41, 5.74) is 1.70. The van der Waals surface area contributed by atoms with Crippen LogP contribution in [-0.4, -0.2) is 42.5 Å². The zero-order valence-electron chi connectivity index (χ0n) is 20.2. The van der Waals surface area contributed by atoms with Gasteiger partial charge < -0.3 is 19.7 Å². The molecule has 0 spiro atoms. The molecule has 0 fully saturated rings. The smallest absolute Gasteiger partial charge is 0.261 e. The van der Waals surface area contributed by atoms with Crippen LogP contribution in [0.3, 0.4) is 0 Å². The monoisotopic (exact) mass is 478 g/mol. The summed E-state index contributed by atoms with van der Waals surface area (Å²) >= 11 is 0. The first kappa shape index (κ1) is 25.7. The second kappa shape index (κ2) is 12.6. The second-order valence-electron chi connectivity index (χ2n) is 8.46. The fraction of sp³-hybridized carbons (Fsp3) is 0.286. The van der Waals surface area contributed by atoms with Crippen molar-refractivity contribution >= 4 is 11.8 Å². The van der Waals surface area contributed by atoms with Gasteiger partial charge in [-0.1, -0.05) is 54.6 Å². The van der Waals surface area contributed by atoms with E-state index in [2.05, 4.69) is 5.32 Å². The fourth-order valence-corrected chi connectivity index (χ4v) is 3.69. The predicted octanol–water partition coefficient (Wildman–Crippen LogP) is 4.38. The van der Waals surface area contributed by atoms with Crippen molar-refractivity contribution in [1.82, 2.24) is 10.2 Å². The predicted molar refractivity (Wildman–Crippen MR) is 133 cm³/mol. The van der Waals surface area contributed by atoms with Gasteiger partial charge in [0.1, 0.15) is 11.8 Å². The van der Waals surface area contributed by atoms with Gasteiger partial charge in [0.2, 0.25) is 5.91 Å². The van der Waals surface area contributed by atoms with E-state index in [9.17, 15) is 14.0 Å². The zero-order valence-corrected chi connectivity index (χ0v) is 20.2. The molecular weight excluding hydrogens is 447 g/mol. The summed E-state index contributed by atoms with van der Waals surface area (Å²) in [4.78, 5) is 28.3. The number of hydrogen-bond acceptors (Lipinski definition) is 4. The SMILES string of the molecule is COc1cccc(CN(C(=O)COc2ccccc2F)C(Cc2ccccc2)C(=O)NC(C)C)c1. The van der Waals surface area contributed by atoms with E-state index in [1.807, 2.05) is 68.4 Å². The van der Waals surface area contributed by atoms with Crippen LogP contribution in [-0.2, 0) is 22.6 Å². The Balaban J connectivity index is 1.93. The minimum atomic E-state index is -0.803. The van der Waals surface area contributed by atoms with Crippen LogP contribution in [0.1, 0.15) is 25.0 Å². The summed E-state index contributed by atoms with van der Waals surface area (Å²) in [6.45, 7) is 3.48. The molecule has 0 radical (unpaired) electrons. The summed E-state index contributed by atoms with van der Waals surface area (Å²) in [5, 5.41) is 2.93. The quantitative estimate of drug-likeness (QED) is 0.444. The average Bonchev–Trinajstić information content (AvgIpc) is 2.85. The molecule has 0 aliphatic heterocycles. The fourth-order valence-electron chi connectivity index (χ4n) is 3.69. The van der Waals surface area contributed by atoms with Gasteiger partial charge in [-0.05, 0) is 49.2 Å². The Bertz CT molecular complexity index is 1120. The summed E-state index contributed by atoms with van der Waals surface area (Å²) < 4.78 is 24.9. The normalized spacial score (nSPS) is 11.6. The summed E-state index contributed by atoms with van der Waals surface area (Å²) in [5.74, 6) is -0.642. The third-order valence-corrected chi connectivity index (χ3v) is 5.38. The van der Waals surface area contributed by atoms with E-state index in [-0.39, 0.29) is 24.2 Å². The first-order chi connectivity index (χ1) is 16.9. The Morgan fingerprint density at radius 2 is 1.63 bits per heavy atom. The molecule has 35 heavy (non-hydrogen) atoms. The number of carbonyl (C=O) groups excluding carboxylic acids is 2. The number of hydrogen-bond donors (Lipinski definition) is 1. The van der Waals surface area contributed by atoms with Crippen LogP contribution in [0.15, 0.2) is 78.9 Å². The number of halogens is 1. The topological polar surface area (TPSA) is 67.9 Å². The molecule has 0 saturated carbocycles. The Morgan fingerprint density at radius 3 is 2.31 bits per heavy atom. The van der Waals surface area contributed by atoms with E-state index < -0.39 is 24.4 Å². The third-order valence-electron chi connectivity index (χ3n) is 5.38. The molecule has 0 saturated heterocycles. The molecule has 7 heteroatoms. The van der Waals surface area contributed by atoms with E-state index in [1.54, 1.807) is 19.2 Å². The Hall–Kier alpha value is -3.87. The molecule has 2 amide bonds. The molecule has 6 nitrogen and oxygen atoms in total. The summed E-state index contributed by atoms with van der Waals surface area (Å²) in [6.07, 6.45) is 0.314. The molecule has 1 unspecified atom stereocenters. The van der Waals surface area contributed by atoms with Crippen LogP contribution in [0.25, 0.3) is 0 Å². The Labute approximate surface area is 205 Å². The maximum Gasteiger partial charge on any atom is 0.261 e. The number of para-hydroxylation sites is 1. The van der Waals surface area contributed by atoms with Gasteiger partial charge in [-0.25, -0.2) is 4.39 Å². The highest BCUT2D eigenvalue weighted by Gasteiger charge is 2.31. The molecule has 0 heterocycles. The maximum atomic E-state index is 14.1. The minimum absolute atomic E-state index is 0.0200. The number of benzene rings is 3. The molecule has 0 aliphatic carbocycles. The van der Waals surface area contributed by atoms with Crippen molar-refractivity contribution in [3.8, 4) is 11.5 Å². The highest BCUT2D eigenvalue weighted by Crippen LogP contribution is 2.20.